The van der Waals surface area contributed by atoms with Crippen molar-refractivity contribution in [3.05, 3.63) is 65.2 Å². The lowest BCUT2D eigenvalue weighted by Crippen LogP contribution is -2.09. The molecule has 96 valence electrons. The van der Waals surface area contributed by atoms with Gasteiger partial charge in [0.05, 0.1) is 5.56 Å². The number of benzene rings is 2. The molecule has 0 aromatic heterocycles. The maximum atomic E-state index is 11.9. The summed E-state index contributed by atoms with van der Waals surface area (Å²) < 4.78 is 5.33. The number of aryl methyl sites for hydroxylation is 1. The summed E-state index contributed by atoms with van der Waals surface area (Å²) in [6.07, 6.45) is 2.08. The molecule has 3 heteroatoms. The van der Waals surface area contributed by atoms with Gasteiger partial charge >= 0.3 is 5.97 Å². The minimum Gasteiger partial charge on any atom is -0.422 e. The number of ether oxygens (including phenoxy) is 1. The Kier molecular flexibility index (Phi) is 4.08. The van der Waals surface area contributed by atoms with Gasteiger partial charge in [0.2, 0.25) is 0 Å². The molecule has 0 atom stereocenters. The molecule has 0 aliphatic rings. The Balaban J connectivity index is 2.24. The molecule has 0 aliphatic carbocycles. The van der Waals surface area contributed by atoms with Gasteiger partial charge in [-0.15, -0.1) is 0 Å². The van der Waals surface area contributed by atoms with Gasteiger partial charge in [0.1, 0.15) is 5.75 Å². The van der Waals surface area contributed by atoms with Crippen molar-refractivity contribution in [1.29, 1.82) is 5.41 Å². The smallest absolute Gasteiger partial charge is 0.343 e. The Bertz CT molecular complexity index is 591. The minimum absolute atomic E-state index is 0.409. The van der Waals surface area contributed by atoms with Gasteiger partial charge in [-0.3, -0.25) is 0 Å². The zero-order valence-electron chi connectivity index (χ0n) is 10.7. The monoisotopic (exact) mass is 253 g/mol. The van der Waals surface area contributed by atoms with Crippen LogP contribution in [0.5, 0.6) is 5.75 Å². The molecule has 0 spiro atoms. The number of carbonyl (C=O) groups is 1. The first kappa shape index (κ1) is 13.0. The van der Waals surface area contributed by atoms with E-state index in [-0.39, 0.29) is 0 Å². The first-order valence-corrected chi connectivity index (χ1v) is 6.15. The second kappa shape index (κ2) is 5.96. The molecule has 0 saturated heterocycles. The molecule has 3 nitrogen and oxygen atoms in total. The quantitative estimate of drug-likeness (QED) is 0.515. The lowest BCUT2D eigenvalue weighted by atomic mass is 10.1. The van der Waals surface area contributed by atoms with E-state index in [1.54, 1.807) is 30.3 Å². The van der Waals surface area contributed by atoms with Crippen LogP contribution < -0.4 is 4.74 Å². The van der Waals surface area contributed by atoms with Crippen molar-refractivity contribution in [2.24, 2.45) is 0 Å². The summed E-state index contributed by atoms with van der Waals surface area (Å²) >= 11 is 0. The largest absolute Gasteiger partial charge is 0.422 e. The van der Waals surface area contributed by atoms with Crippen LogP contribution in [0.25, 0.3) is 0 Å². The molecule has 0 heterocycles. The predicted molar refractivity (Wildman–Crippen MR) is 75.1 cm³/mol. The second-order valence-corrected chi connectivity index (χ2v) is 4.13. The van der Waals surface area contributed by atoms with Crippen LogP contribution in [-0.2, 0) is 6.42 Å². The van der Waals surface area contributed by atoms with Gasteiger partial charge in [-0.1, -0.05) is 31.2 Å². The van der Waals surface area contributed by atoms with Gasteiger partial charge in [0.15, 0.2) is 0 Å². The third kappa shape index (κ3) is 3.07. The Morgan fingerprint density at radius 2 is 1.95 bits per heavy atom. The number of hydrogen-bond acceptors (Lipinski definition) is 3. The molecule has 2 rings (SSSR count). The highest BCUT2D eigenvalue weighted by Crippen LogP contribution is 2.20. The Morgan fingerprint density at radius 3 is 2.58 bits per heavy atom. The van der Waals surface area contributed by atoms with Crippen molar-refractivity contribution < 1.29 is 9.53 Å². The van der Waals surface area contributed by atoms with Crippen molar-refractivity contribution in [3.63, 3.8) is 0 Å². The van der Waals surface area contributed by atoms with Crippen molar-refractivity contribution in [2.75, 3.05) is 0 Å². The summed E-state index contributed by atoms with van der Waals surface area (Å²) in [5.74, 6) is 0.00833. The predicted octanol–water partition coefficient (Wildman–Crippen LogP) is 3.47. The molecule has 0 fully saturated rings. The van der Waals surface area contributed by atoms with Gasteiger partial charge in [0, 0.05) is 11.8 Å². The first-order chi connectivity index (χ1) is 9.24. The standard InChI is InChI=1S/C16H15NO2/c1-2-12-8-9-15(14(10-12)11-17)19-16(18)13-6-4-3-5-7-13/h3-11,17H,2H2,1H3. The van der Waals surface area contributed by atoms with Crippen LogP contribution in [0.4, 0.5) is 0 Å². The van der Waals surface area contributed by atoms with Crippen LogP contribution >= 0.6 is 0 Å². The van der Waals surface area contributed by atoms with E-state index in [4.69, 9.17) is 10.1 Å². The summed E-state index contributed by atoms with van der Waals surface area (Å²) in [7, 11) is 0. The van der Waals surface area contributed by atoms with E-state index in [0.29, 0.717) is 16.9 Å². The van der Waals surface area contributed by atoms with E-state index in [0.717, 1.165) is 12.0 Å². The topological polar surface area (TPSA) is 50.2 Å². The fourth-order valence-corrected chi connectivity index (χ4v) is 1.76. The average Bonchev–Trinajstić information content (AvgIpc) is 2.48. The average molecular weight is 253 g/mol. The Morgan fingerprint density at radius 1 is 1.21 bits per heavy atom. The number of esters is 1. The third-order valence-electron chi connectivity index (χ3n) is 2.85. The van der Waals surface area contributed by atoms with Crippen molar-refractivity contribution in [2.45, 2.75) is 13.3 Å². The summed E-state index contributed by atoms with van der Waals surface area (Å²) in [6, 6.07) is 14.3. The van der Waals surface area contributed by atoms with E-state index in [1.165, 1.54) is 6.21 Å². The van der Waals surface area contributed by atoms with Gasteiger partial charge in [0.25, 0.3) is 0 Å². The molecule has 0 amide bonds. The molecular weight excluding hydrogens is 238 g/mol. The van der Waals surface area contributed by atoms with Crippen molar-refractivity contribution >= 4 is 12.2 Å². The fraction of sp³-hybridized carbons (Fsp3) is 0.125. The highest BCUT2D eigenvalue weighted by atomic mass is 16.5. The molecule has 0 unspecified atom stereocenters. The summed E-state index contributed by atoms with van der Waals surface area (Å²) in [5.41, 5.74) is 2.22. The maximum Gasteiger partial charge on any atom is 0.343 e. The van der Waals surface area contributed by atoms with E-state index < -0.39 is 5.97 Å². The summed E-state index contributed by atoms with van der Waals surface area (Å²) in [6.45, 7) is 2.04. The highest BCUT2D eigenvalue weighted by molar-refractivity contribution is 5.92. The zero-order valence-corrected chi connectivity index (χ0v) is 10.7. The molecule has 1 N–H and O–H groups in total. The van der Waals surface area contributed by atoms with E-state index in [2.05, 4.69) is 0 Å². The van der Waals surface area contributed by atoms with E-state index >= 15 is 0 Å². The molecule has 19 heavy (non-hydrogen) atoms. The number of nitrogens with one attached hydrogen (secondary N) is 1. The Labute approximate surface area is 112 Å². The van der Waals surface area contributed by atoms with Gasteiger partial charge in [-0.05, 0) is 36.2 Å². The molecule has 0 aliphatic heterocycles. The fourth-order valence-electron chi connectivity index (χ4n) is 1.76. The van der Waals surface area contributed by atoms with Crippen LogP contribution in [0.15, 0.2) is 48.5 Å². The van der Waals surface area contributed by atoms with Gasteiger partial charge in [-0.25, -0.2) is 4.79 Å². The van der Waals surface area contributed by atoms with Crippen LogP contribution in [0.3, 0.4) is 0 Å². The van der Waals surface area contributed by atoms with Crippen molar-refractivity contribution in [3.8, 4) is 5.75 Å². The summed E-state index contributed by atoms with van der Waals surface area (Å²) in [4.78, 5) is 11.9. The zero-order chi connectivity index (χ0) is 13.7. The van der Waals surface area contributed by atoms with Crippen LogP contribution in [0, 0.1) is 5.41 Å². The van der Waals surface area contributed by atoms with Gasteiger partial charge in [-0.2, -0.15) is 0 Å². The molecule has 0 radical (unpaired) electrons. The van der Waals surface area contributed by atoms with Crippen LogP contribution in [0.2, 0.25) is 0 Å². The number of carbonyl (C=O) groups excluding carboxylic acids is 1. The molecule has 0 bridgehead atoms. The highest BCUT2D eigenvalue weighted by Gasteiger charge is 2.10. The molecule has 2 aromatic rings. The summed E-state index contributed by atoms with van der Waals surface area (Å²) in [5, 5.41) is 7.39. The molecule has 2 aromatic carbocycles. The third-order valence-corrected chi connectivity index (χ3v) is 2.85. The molecular formula is C16H15NO2. The maximum absolute atomic E-state index is 11.9. The normalized spacial score (nSPS) is 9.95. The minimum atomic E-state index is -0.409. The van der Waals surface area contributed by atoms with Gasteiger partial charge < -0.3 is 10.1 Å². The lowest BCUT2D eigenvalue weighted by Gasteiger charge is -2.08. The SMILES string of the molecule is CCc1ccc(OC(=O)c2ccccc2)c(C=N)c1. The van der Waals surface area contributed by atoms with Crippen LogP contribution in [0.1, 0.15) is 28.4 Å². The van der Waals surface area contributed by atoms with E-state index in [1.807, 2.05) is 25.1 Å². The van der Waals surface area contributed by atoms with Crippen LogP contribution in [-0.4, -0.2) is 12.2 Å². The Hall–Kier alpha value is -2.42. The number of rotatable bonds is 4. The number of hydrogen-bond donors (Lipinski definition) is 1. The molecule has 0 saturated carbocycles. The second-order valence-electron chi connectivity index (χ2n) is 4.13. The van der Waals surface area contributed by atoms with Crippen molar-refractivity contribution in [1.82, 2.24) is 0 Å². The van der Waals surface area contributed by atoms with E-state index in [9.17, 15) is 4.79 Å². The lowest BCUT2D eigenvalue weighted by molar-refractivity contribution is 0.0734. The first-order valence-electron chi connectivity index (χ1n) is 6.15.